The number of nitrogens with one attached hydrogen (secondary N) is 1. The Kier molecular flexibility index (Phi) is 3.27. The van der Waals surface area contributed by atoms with Gasteiger partial charge in [0.2, 0.25) is 0 Å². The number of benzene rings is 1. The third-order valence-corrected chi connectivity index (χ3v) is 5.05. The lowest BCUT2D eigenvalue weighted by atomic mass is 10.2. The van der Waals surface area contributed by atoms with Gasteiger partial charge in [0.05, 0.1) is 5.69 Å². The van der Waals surface area contributed by atoms with Crippen molar-refractivity contribution in [2.45, 2.75) is 44.2 Å². The van der Waals surface area contributed by atoms with Crippen LogP contribution in [0.2, 0.25) is 0 Å². The molecule has 21 heavy (non-hydrogen) atoms. The third kappa shape index (κ3) is 2.99. The van der Waals surface area contributed by atoms with E-state index < -0.39 is 11.6 Å². The second kappa shape index (κ2) is 5.14. The smallest absolute Gasteiger partial charge is 0.126 e. The summed E-state index contributed by atoms with van der Waals surface area (Å²) in [7, 11) is 0. The van der Waals surface area contributed by atoms with Crippen LogP contribution in [-0.2, 0) is 6.54 Å². The zero-order valence-electron chi connectivity index (χ0n) is 11.5. The number of aromatic nitrogens is 1. The molecule has 2 aromatic rings. The molecule has 2 saturated carbocycles. The van der Waals surface area contributed by atoms with Gasteiger partial charge in [-0.25, -0.2) is 13.8 Å². The molecule has 4 rings (SSSR count). The molecular formula is C16H16F2N2S. The molecule has 110 valence electrons. The largest absolute Gasteiger partial charge is 0.309 e. The van der Waals surface area contributed by atoms with Crippen molar-refractivity contribution in [1.82, 2.24) is 10.3 Å². The van der Waals surface area contributed by atoms with Crippen LogP contribution >= 0.6 is 11.3 Å². The Morgan fingerprint density at radius 3 is 2.43 bits per heavy atom. The number of nitrogens with zero attached hydrogens (tertiary/aromatic N) is 1. The van der Waals surface area contributed by atoms with Gasteiger partial charge in [-0.2, -0.15) is 0 Å². The maximum Gasteiger partial charge on any atom is 0.126 e. The minimum atomic E-state index is -0.550. The third-order valence-electron chi connectivity index (χ3n) is 3.93. The monoisotopic (exact) mass is 306 g/mol. The molecule has 0 amide bonds. The molecule has 1 N–H and O–H groups in total. The Labute approximate surface area is 126 Å². The summed E-state index contributed by atoms with van der Waals surface area (Å²) in [6.45, 7) is 0.825. The van der Waals surface area contributed by atoms with Crippen molar-refractivity contribution in [3.05, 3.63) is 40.4 Å². The predicted octanol–water partition coefficient (Wildman–Crippen LogP) is 4.22. The number of hydrogen-bond donors (Lipinski definition) is 1. The molecular weight excluding hydrogens is 290 g/mol. The second-order valence-corrected chi connectivity index (χ2v) is 7.00. The number of halogens is 2. The van der Waals surface area contributed by atoms with E-state index in [0.29, 0.717) is 17.5 Å². The summed E-state index contributed by atoms with van der Waals surface area (Å²) in [5.74, 6) is -0.555. The number of rotatable bonds is 5. The minimum absolute atomic E-state index is 0.539. The molecule has 5 heteroatoms. The van der Waals surface area contributed by atoms with Crippen molar-refractivity contribution in [2.24, 2.45) is 0 Å². The van der Waals surface area contributed by atoms with E-state index in [9.17, 15) is 8.78 Å². The van der Waals surface area contributed by atoms with Gasteiger partial charge < -0.3 is 5.32 Å². The van der Waals surface area contributed by atoms with Crippen LogP contribution in [0.3, 0.4) is 0 Å². The molecule has 1 heterocycles. The average Bonchev–Trinajstić information content (AvgIpc) is 3.34. The van der Waals surface area contributed by atoms with Crippen LogP contribution < -0.4 is 5.32 Å². The van der Waals surface area contributed by atoms with E-state index in [0.717, 1.165) is 23.3 Å². The molecule has 0 saturated heterocycles. The highest BCUT2D eigenvalue weighted by atomic mass is 32.1. The molecule has 0 bridgehead atoms. The Morgan fingerprint density at radius 1 is 1.10 bits per heavy atom. The molecule has 0 unspecified atom stereocenters. The van der Waals surface area contributed by atoms with Crippen molar-refractivity contribution in [3.8, 4) is 10.6 Å². The Morgan fingerprint density at radius 2 is 1.81 bits per heavy atom. The molecule has 2 aliphatic rings. The van der Waals surface area contributed by atoms with Crippen molar-refractivity contribution in [3.63, 3.8) is 0 Å². The van der Waals surface area contributed by atoms with E-state index in [-0.39, 0.29) is 0 Å². The maximum atomic E-state index is 13.4. The molecule has 1 aromatic heterocycles. The number of thiazole rings is 1. The van der Waals surface area contributed by atoms with Gasteiger partial charge in [-0.05, 0) is 37.8 Å². The normalized spacial score (nSPS) is 18.2. The minimum Gasteiger partial charge on any atom is -0.309 e. The van der Waals surface area contributed by atoms with E-state index in [1.807, 2.05) is 0 Å². The van der Waals surface area contributed by atoms with Gasteiger partial charge >= 0.3 is 0 Å². The van der Waals surface area contributed by atoms with Crippen LogP contribution in [0.25, 0.3) is 10.6 Å². The van der Waals surface area contributed by atoms with Crippen molar-refractivity contribution >= 4 is 11.3 Å². The van der Waals surface area contributed by atoms with Crippen molar-refractivity contribution in [2.75, 3.05) is 0 Å². The Balaban J connectivity index is 1.66. The Hall–Kier alpha value is -1.33. The summed E-state index contributed by atoms with van der Waals surface area (Å²) in [4.78, 5) is 5.89. The lowest BCUT2D eigenvalue weighted by molar-refractivity contribution is 0.584. The molecule has 0 radical (unpaired) electrons. The maximum absolute atomic E-state index is 13.4. The van der Waals surface area contributed by atoms with E-state index in [1.54, 1.807) is 11.3 Å². The average molecular weight is 306 g/mol. The van der Waals surface area contributed by atoms with Crippen LogP contribution in [0, 0.1) is 11.6 Å². The molecule has 2 nitrogen and oxygen atoms in total. The first-order valence-corrected chi connectivity index (χ1v) is 8.20. The lowest BCUT2D eigenvalue weighted by Crippen LogP contribution is -2.15. The topological polar surface area (TPSA) is 24.9 Å². The summed E-state index contributed by atoms with van der Waals surface area (Å²) < 4.78 is 26.8. The molecule has 0 spiro atoms. The molecule has 0 aliphatic heterocycles. The first-order valence-electron chi connectivity index (χ1n) is 7.38. The quantitative estimate of drug-likeness (QED) is 0.894. The zero-order valence-corrected chi connectivity index (χ0v) is 12.4. The van der Waals surface area contributed by atoms with E-state index in [1.165, 1.54) is 42.7 Å². The fourth-order valence-electron chi connectivity index (χ4n) is 2.49. The summed E-state index contributed by atoms with van der Waals surface area (Å²) in [6, 6.07) is 4.26. The highest BCUT2D eigenvalue weighted by Crippen LogP contribution is 2.44. The first-order chi connectivity index (χ1) is 10.2. The SMILES string of the molecule is Fc1cc(F)cc(-c2nc(C3CC3)c(CNC3CC3)s2)c1. The standard InChI is InChI=1S/C16H16F2N2S/c17-11-5-10(6-12(18)7-11)16-20-15(9-1-2-9)14(21-16)8-19-13-3-4-13/h5-7,9,13,19H,1-4,8H2. The molecule has 0 atom stereocenters. The van der Waals surface area contributed by atoms with Gasteiger partial charge in [-0.1, -0.05) is 0 Å². The molecule has 2 fully saturated rings. The number of hydrogen-bond acceptors (Lipinski definition) is 3. The fourth-order valence-corrected chi connectivity index (χ4v) is 3.58. The van der Waals surface area contributed by atoms with Crippen molar-refractivity contribution < 1.29 is 8.78 Å². The van der Waals surface area contributed by atoms with Gasteiger partial charge in [0.15, 0.2) is 0 Å². The van der Waals surface area contributed by atoms with Gasteiger partial charge in [0, 0.05) is 35.0 Å². The van der Waals surface area contributed by atoms with Crippen molar-refractivity contribution in [1.29, 1.82) is 0 Å². The zero-order chi connectivity index (χ0) is 14.4. The second-order valence-electron chi connectivity index (χ2n) is 5.92. The predicted molar refractivity (Wildman–Crippen MR) is 79.3 cm³/mol. The van der Waals surface area contributed by atoms with Gasteiger partial charge in [0.25, 0.3) is 0 Å². The first kappa shape index (κ1) is 13.3. The van der Waals surface area contributed by atoms with Crippen LogP contribution in [0.5, 0.6) is 0 Å². The Bertz CT molecular complexity index is 655. The van der Waals surface area contributed by atoms with E-state index in [2.05, 4.69) is 10.3 Å². The van der Waals surface area contributed by atoms with Gasteiger partial charge in [0.1, 0.15) is 16.6 Å². The van der Waals surface area contributed by atoms with Crippen LogP contribution in [0.15, 0.2) is 18.2 Å². The molecule has 2 aliphatic carbocycles. The van der Waals surface area contributed by atoms with E-state index >= 15 is 0 Å². The lowest BCUT2D eigenvalue weighted by Gasteiger charge is -2.01. The van der Waals surface area contributed by atoms with E-state index in [4.69, 9.17) is 0 Å². The van der Waals surface area contributed by atoms with Crippen LogP contribution in [0.4, 0.5) is 8.78 Å². The highest BCUT2D eigenvalue weighted by molar-refractivity contribution is 7.15. The molecule has 1 aromatic carbocycles. The van der Waals surface area contributed by atoms with Gasteiger partial charge in [-0.15, -0.1) is 11.3 Å². The van der Waals surface area contributed by atoms with Crippen LogP contribution in [0.1, 0.15) is 42.2 Å². The summed E-state index contributed by atoms with van der Waals surface area (Å²) >= 11 is 1.56. The highest BCUT2D eigenvalue weighted by Gasteiger charge is 2.30. The summed E-state index contributed by atoms with van der Waals surface area (Å²) in [5.41, 5.74) is 1.67. The van der Waals surface area contributed by atoms with Crippen LogP contribution in [-0.4, -0.2) is 11.0 Å². The summed E-state index contributed by atoms with van der Waals surface area (Å²) in [6.07, 6.45) is 4.85. The fraction of sp³-hybridized carbons (Fsp3) is 0.438. The van der Waals surface area contributed by atoms with Gasteiger partial charge in [-0.3, -0.25) is 0 Å². The summed E-state index contributed by atoms with van der Waals surface area (Å²) in [5, 5.41) is 4.23.